The second-order valence-corrected chi connectivity index (χ2v) is 7.50. The Kier molecular flexibility index (Phi) is 5.83. The molecule has 1 fully saturated rings. The van der Waals surface area contributed by atoms with Crippen molar-refractivity contribution in [3.63, 3.8) is 0 Å². The second kappa shape index (κ2) is 7.46. The van der Waals surface area contributed by atoms with Crippen molar-refractivity contribution in [2.24, 2.45) is 18.4 Å². The molecule has 1 aromatic rings. The molecule has 1 saturated heterocycles. The predicted molar refractivity (Wildman–Crippen MR) is 91.0 cm³/mol. The van der Waals surface area contributed by atoms with Crippen LogP contribution in [-0.4, -0.2) is 29.5 Å². The van der Waals surface area contributed by atoms with Gasteiger partial charge in [-0.05, 0) is 32.1 Å². The van der Waals surface area contributed by atoms with Crippen molar-refractivity contribution in [1.82, 2.24) is 15.1 Å². The molecular formula is C18H30N4O. The Labute approximate surface area is 140 Å². The molecule has 1 aliphatic rings. The van der Waals surface area contributed by atoms with Gasteiger partial charge in [0.25, 0.3) is 0 Å². The number of hydrogen-bond acceptors (Lipinski definition) is 4. The van der Waals surface area contributed by atoms with E-state index in [1.165, 1.54) is 11.3 Å². The first-order chi connectivity index (χ1) is 10.9. The number of hydrogen-bond donors (Lipinski definition) is 1. The molecular weight excluding hydrogens is 288 g/mol. The van der Waals surface area contributed by atoms with Gasteiger partial charge in [-0.3, -0.25) is 4.68 Å². The maximum Gasteiger partial charge on any atom is 0.0901 e. The molecule has 0 aliphatic carbocycles. The zero-order valence-corrected chi connectivity index (χ0v) is 15.1. The van der Waals surface area contributed by atoms with Crippen molar-refractivity contribution in [3.8, 4) is 6.07 Å². The third-order valence-corrected chi connectivity index (χ3v) is 4.99. The highest BCUT2D eigenvalue weighted by molar-refractivity contribution is 5.28. The highest BCUT2D eigenvalue weighted by Crippen LogP contribution is 2.37. The summed E-state index contributed by atoms with van der Waals surface area (Å²) in [5.41, 5.74) is 3.70. The molecule has 2 atom stereocenters. The summed E-state index contributed by atoms with van der Waals surface area (Å²) in [6, 6.07) is 2.24. The summed E-state index contributed by atoms with van der Waals surface area (Å²) < 4.78 is 7.98. The lowest BCUT2D eigenvalue weighted by molar-refractivity contribution is 0.0887. The number of rotatable bonds is 7. The third kappa shape index (κ3) is 4.33. The van der Waals surface area contributed by atoms with Crippen molar-refractivity contribution in [3.05, 3.63) is 17.0 Å². The van der Waals surface area contributed by atoms with Crippen LogP contribution in [0.2, 0.25) is 0 Å². The minimum absolute atomic E-state index is 0.151. The average Bonchev–Trinajstić information content (AvgIpc) is 3.02. The summed E-state index contributed by atoms with van der Waals surface area (Å²) in [7, 11) is 1.99. The van der Waals surface area contributed by atoms with Crippen molar-refractivity contribution < 1.29 is 4.74 Å². The van der Waals surface area contributed by atoms with Crippen molar-refractivity contribution >= 4 is 0 Å². The number of aromatic nitrogens is 2. The number of ether oxygens (including phenoxy) is 1. The van der Waals surface area contributed by atoms with Gasteiger partial charge in [-0.15, -0.1) is 0 Å². The number of nitrogens with zero attached hydrogens (tertiary/aromatic N) is 3. The third-order valence-electron chi connectivity index (χ3n) is 4.99. The molecule has 0 spiro atoms. The van der Waals surface area contributed by atoms with Crippen LogP contribution in [0.5, 0.6) is 0 Å². The Bertz CT molecular complexity index is 570. The van der Waals surface area contributed by atoms with Crippen LogP contribution in [-0.2, 0) is 11.8 Å². The predicted octanol–water partition coefficient (Wildman–Crippen LogP) is 3.03. The standard InChI is InChI=1S/C18H30N4O/c1-13-16(14(2)22(5)21-13)17-15(7-10-23-17)11-20-12-18(3,4)8-6-9-19/h15,17,20H,6-8,10-12H2,1-5H3/t15-,17+/m0/s1. The molecule has 0 unspecified atom stereocenters. The zero-order valence-electron chi connectivity index (χ0n) is 15.1. The minimum atomic E-state index is 0.151. The van der Waals surface area contributed by atoms with Gasteiger partial charge in [0.2, 0.25) is 0 Å². The van der Waals surface area contributed by atoms with Crippen LogP contribution in [0.3, 0.4) is 0 Å². The van der Waals surface area contributed by atoms with E-state index in [0.29, 0.717) is 12.3 Å². The lowest BCUT2D eigenvalue weighted by atomic mass is 9.87. The largest absolute Gasteiger partial charge is 0.373 e. The lowest BCUT2D eigenvalue weighted by Crippen LogP contribution is -2.33. The summed E-state index contributed by atoms with van der Waals surface area (Å²) in [6.07, 6.45) is 2.79. The van der Waals surface area contributed by atoms with E-state index in [-0.39, 0.29) is 11.5 Å². The summed E-state index contributed by atoms with van der Waals surface area (Å²) in [5.74, 6) is 0.489. The van der Waals surface area contributed by atoms with Gasteiger partial charge < -0.3 is 10.1 Å². The molecule has 0 aromatic carbocycles. The SMILES string of the molecule is Cc1nn(C)c(C)c1[C@@H]1OCC[C@H]1CNCC(C)(C)CCC#N. The van der Waals surface area contributed by atoms with Gasteiger partial charge in [-0.1, -0.05) is 13.8 Å². The molecule has 128 valence electrons. The maximum atomic E-state index is 8.75. The highest BCUT2D eigenvalue weighted by atomic mass is 16.5. The lowest BCUT2D eigenvalue weighted by Gasteiger charge is -2.26. The second-order valence-electron chi connectivity index (χ2n) is 7.50. The molecule has 2 rings (SSSR count). The summed E-state index contributed by atoms with van der Waals surface area (Å²) >= 11 is 0. The quantitative estimate of drug-likeness (QED) is 0.839. The van der Waals surface area contributed by atoms with E-state index in [2.05, 4.69) is 44.2 Å². The molecule has 23 heavy (non-hydrogen) atoms. The van der Waals surface area contributed by atoms with Gasteiger partial charge in [-0.25, -0.2) is 0 Å². The van der Waals surface area contributed by atoms with Crippen LogP contribution >= 0.6 is 0 Å². The van der Waals surface area contributed by atoms with Crippen LogP contribution in [0.15, 0.2) is 0 Å². The highest BCUT2D eigenvalue weighted by Gasteiger charge is 2.33. The first kappa shape index (κ1) is 18.0. The Hall–Kier alpha value is -1.38. The number of nitriles is 1. The van der Waals surface area contributed by atoms with Gasteiger partial charge in [0, 0.05) is 50.3 Å². The number of aryl methyl sites for hydroxylation is 2. The van der Waals surface area contributed by atoms with E-state index in [4.69, 9.17) is 10.00 Å². The summed E-state index contributed by atoms with van der Waals surface area (Å²) in [4.78, 5) is 0. The molecule has 5 nitrogen and oxygen atoms in total. The topological polar surface area (TPSA) is 62.9 Å². The molecule has 5 heteroatoms. The van der Waals surface area contributed by atoms with Crippen molar-refractivity contribution in [2.45, 2.75) is 53.1 Å². The van der Waals surface area contributed by atoms with Gasteiger partial charge in [0.05, 0.1) is 17.9 Å². The zero-order chi connectivity index (χ0) is 17.0. The van der Waals surface area contributed by atoms with E-state index < -0.39 is 0 Å². The first-order valence-electron chi connectivity index (χ1n) is 8.55. The molecule has 1 aromatic heterocycles. The first-order valence-corrected chi connectivity index (χ1v) is 8.55. The van der Waals surface area contributed by atoms with E-state index >= 15 is 0 Å². The molecule has 0 bridgehead atoms. The summed E-state index contributed by atoms with van der Waals surface area (Å²) in [6.45, 7) is 11.3. The van der Waals surface area contributed by atoms with Crippen molar-refractivity contribution in [1.29, 1.82) is 5.26 Å². The van der Waals surface area contributed by atoms with Crippen LogP contribution < -0.4 is 5.32 Å². The molecule has 1 aliphatic heterocycles. The Morgan fingerprint density at radius 2 is 2.17 bits per heavy atom. The fourth-order valence-electron chi connectivity index (χ4n) is 3.44. The van der Waals surface area contributed by atoms with Gasteiger partial charge >= 0.3 is 0 Å². The molecule has 0 saturated carbocycles. The van der Waals surface area contributed by atoms with E-state index in [9.17, 15) is 0 Å². The van der Waals surface area contributed by atoms with E-state index in [0.717, 1.165) is 38.2 Å². The summed E-state index contributed by atoms with van der Waals surface area (Å²) in [5, 5.41) is 16.9. The molecule has 1 N–H and O–H groups in total. The molecule has 0 amide bonds. The Morgan fingerprint density at radius 1 is 1.43 bits per heavy atom. The monoisotopic (exact) mass is 318 g/mol. The van der Waals surface area contributed by atoms with E-state index in [1.807, 2.05) is 11.7 Å². The van der Waals surface area contributed by atoms with Crippen LogP contribution in [0.4, 0.5) is 0 Å². The normalized spacial score (nSPS) is 21.6. The van der Waals surface area contributed by atoms with Gasteiger partial charge in [-0.2, -0.15) is 10.4 Å². The average molecular weight is 318 g/mol. The smallest absolute Gasteiger partial charge is 0.0901 e. The van der Waals surface area contributed by atoms with Crippen LogP contribution in [0, 0.1) is 36.5 Å². The van der Waals surface area contributed by atoms with Gasteiger partial charge in [0.15, 0.2) is 0 Å². The Morgan fingerprint density at radius 3 is 2.78 bits per heavy atom. The van der Waals surface area contributed by atoms with Crippen LogP contribution in [0.1, 0.15) is 56.2 Å². The van der Waals surface area contributed by atoms with Crippen molar-refractivity contribution in [2.75, 3.05) is 19.7 Å². The fourth-order valence-corrected chi connectivity index (χ4v) is 3.44. The molecule has 2 heterocycles. The maximum absolute atomic E-state index is 8.75. The van der Waals surface area contributed by atoms with Crippen LogP contribution in [0.25, 0.3) is 0 Å². The Balaban J connectivity index is 1.94. The molecule has 0 radical (unpaired) electrons. The fraction of sp³-hybridized carbons (Fsp3) is 0.778. The van der Waals surface area contributed by atoms with E-state index in [1.54, 1.807) is 0 Å². The minimum Gasteiger partial charge on any atom is -0.373 e. The number of nitrogens with one attached hydrogen (secondary N) is 1. The van der Waals surface area contributed by atoms with Gasteiger partial charge in [0.1, 0.15) is 0 Å².